The molecule has 0 saturated carbocycles. The zero-order chi connectivity index (χ0) is 16.1. The molecular formula is C20H25NO. The van der Waals surface area contributed by atoms with Crippen molar-refractivity contribution in [3.63, 3.8) is 0 Å². The van der Waals surface area contributed by atoms with Crippen LogP contribution in [0.2, 0.25) is 0 Å². The lowest BCUT2D eigenvalue weighted by molar-refractivity contribution is -0.121. The average molecular weight is 295 g/mol. The Labute approximate surface area is 133 Å². The summed E-state index contributed by atoms with van der Waals surface area (Å²) in [7, 11) is 0. The first kappa shape index (κ1) is 16.3. The van der Waals surface area contributed by atoms with E-state index in [1.54, 1.807) is 0 Å². The van der Waals surface area contributed by atoms with Crippen molar-refractivity contribution in [2.24, 2.45) is 0 Å². The van der Waals surface area contributed by atoms with Crippen molar-refractivity contribution in [1.82, 2.24) is 5.32 Å². The van der Waals surface area contributed by atoms with Crippen LogP contribution >= 0.6 is 0 Å². The highest BCUT2D eigenvalue weighted by Crippen LogP contribution is 2.18. The van der Waals surface area contributed by atoms with Crippen LogP contribution in [0.3, 0.4) is 0 Å². The second-order valence-corrected chi connectivity index (χ2v) is 6.13. The van der Waals surface area contributed by atoms with Gasteiger partial charge in [-0.25, -0.2) is 0 Å². The molecule has 2 rings (SSSR count). The first-order valence-corrected chi connectivity index (χ1v) is 7.88. The summed E-state index contributed by atoms with van der Waals surface area (Å²) < 4.78 is 0. The summed E-state index contributed by atoms with van der Waals surface area (Å²) in [6.45, 7) is 8.29. The van der Waals surface area contributed by atoms with Crippen LogP contribution in [-0.4, -0.2) is 5.91 Å². The van der Waals surface area contributed by atoms with Gasteiger partial charge in [0.1, 0.15) is 0 Å². The molecule has 0 fully saturated rings. The molecule has 0 bridgehead atoms. The van der Waals surface area contributed by atoms with E-state index in [-0.39, 0.29) is 11.9 Å². The molecule has 2 heteroatoms. The summed E-state index contributed by atoms with van der Waals surface area (Å²) in [6.07, 6.45) is 1.31. The molecule has 0 aromatic heterocycles. The number of benzene rings is 2. The molecular weight excluding hydrogens is 270 g/mol. The summed E-state index contributed by atoms with van der Waals surface area (Å²) in [5.41, 5.74) is 6.12. The van der Waals surface area contributed by atoms with E-state index in [4.69, 9.17) is 0 Å². The van der Waals surface area contributed by atoms with Crippen molar-refractivity contribution in [1.29, 1.82) is 0 Å². The quantitative estimate of drug-likeness (QED) is 0.869. The van der Waals surface area contributed by atoms with Crippen LogP contribution in [-0.2, 0) is 11.2 Å². The number of hydrogen-bond acceptors (Lipinski definition) is 1. The maximum atomic E-state index is 12.1. The molecule has 0 saturated heterocycles. The molecule has 0 aliphatic carbocycles. The van der Waals surface area contributed by atoms with E-state index in [1.807, 2.05) is 6.92 Å². The molecule has 22 heavy (non-hydrogen) atoms. The molecule has 1 amide bonds. The third-order valence-electron chi connectivity index (χ3n) is 4.03. The number of amides is 1. The van der Waals surface area contributed by atoms with Gasteiger partial charge in [-0.05, 0) is 50.8 Å². The number of hydrogen-bond donors (Lipinski definition) is 1. The molecule has 0 heterocycles. The maximum Gasteiger partial charge on any atom is 0.220 e. The molecule has 1 N–H and O–H groups in total. The highest BCUT2D eigenvalue weighted by molar-refractivity contribution is 5.76. The second-order valence-electron chi connectivity index (χ2n) is 6.13. The maximum absolute atomic E-state index is 12.1. The van der Waals surface area contributed by atoms with Gasteiger partial charge in [0.2, 0.25) is 5.91 Å². The predicted molar refractivity (Wildman–Crippen MR) is 92.0 cm³/mol. The summed E-state index contributed by atoms with van der Waals surface area (Å²) in [6, 6.07) is 14.8. The van der Waals surface area contributed by atoms with Crippen molar-refractivity contribution in [2.75, 3.05) is 0 Å². The van der Waals surface area contributed by atoms with Crippen LogP contribution in [0.25, 0.3) is 0 Å². The summed E-state index contributed by atoms with van der Waals surface area (Å²) >= 11 is 0. The van der Waals surface area contributed by atoms with Crippen LogP contribution in [0.1, 0.15) is 47.2 Å². The molecule has 1 atom stereocenters. The lowest BCUT2D eigenvalue weighted by atomic mass is 10.00. The smallest absolute Gasteiger partial charge is 0.220 e. The lowest BCUT2D eigenvalue weighted by Crippen LogP contribution is -2.27. The first-order valence-electron chi connectivity index (χ1n) is 7.88. The van der Waals surface area contributed by atoms with Crippen LogP contribution in [0.15, 0.2) is 42.5 Å². The average Bonchev–Trinajstić information content (AvgIpc) is 2.46. The van der Waals surface area contributed by atoms with E-state index in [1.165, 1.54) is 27.8 Å². The van der Waals surface area contributed by atoms with Crippen LogP contribution in [0.4, 0.5) is 0 Å². The summed E-state index contributed by atoms with van der Waals surface area (Å²) in [5.74, 6) is 0.105. The molecule has 116 valence electrons. The van der Waals surface area contributed by atoms with Gasteiger partial charge >= 0.3 is 0 Å². The van der Waals surface area contributed by atoms with Crippen molar-refractivity contribution < 1.29 is 4.79 Å². The topological polar surface area (TPSA) is 29.1 Å². The number of carbonyl (C=O) groups excluding carboxylic acids is 1. The fourth-order valence-electron chi connectivity index (χ4n) is 2.72. The molecule has 0 radical (unpaired) electrons. The Bertz CT molecular complexity index is 643. The first-order chi connectivity index (χ1) is 10.5. The Hall–Kier alpha value is -2.09. The van der Waals surface area contributed by atoms with Gasteiger partial charge in [-0.15, -0.1) is 0 Å². The Kier molecular flexibility index (Phi) is 5.37. The van der Waals surface area contributed by atoms with E-state index in [0.717, 1.165) is 6.42 Å². The fraction of sp³-hybridized carbons (Fsp3) is 0.350. The van der Waals surface area contributed by atoms with Gasteiger partial charge < -0.3 is 5.32 Å². The molecule has 2 aromatic rings. The van der Waals surface area contributed by atoms with Gasteiger partial charge in [-0.1, -0.05) is 53.6 Å². The molecule has 0 aliphatic rings. The monoisotopic (exact) mass is 295 g/mol. The Balaban J connectivity index is 1.89. The van der Waals surface area contributed by atoms with Crippen molar-refractivity contribution in [3.8, 4) is 0 Å². The van der Waals surface area contributed by atoms with Gasteiger partial charge in [0.25, 0.3) is 0 Å². The van der Waals surface area contributed by atoms with Gasteiger partial charge in [0, 0.05) is 6.42 Å². The SMILES string of the molecule is Cc1ccc(CCC(=O)N[C@H](C)c2ccc(C)cc2C)cc1. The van der Waals surface area contributed by atoms with E-state index in [9.17, 15) is 4.79 Å². The summed E-state index contributed by atoms with van der Waals surface area (Å²) in [5, 5.41) is 3.10. The van der Waals surface area contributed by atoms with E-state index >= 15 is 0 Å². The zero-order valence-electron chi connectivity index (χ0n) is 13.9. The van der Waals surface area contributed by atoms with Gasteiger partial charge in [0.05, 0.1) is 6.04 Å². The van der Waals surface area contributed by atoms with Gasteiger partial charge in [-0.3, -0.25) is 4.79 Å². The fourth-order valence-corrected chi connectivity index (χ4v) is 2.72. The number of nitrogens with one attached hydrogen (secondary N) is 1. The third-order valence-corrected chi connectivity index (χ3v) is 4.03. The Morgan fingerprint density at radius 2 is 1.64 bits per heavy atom. The number of aryl methyl sites for hydroxylation is 4. The third kappa shape index (κ3) is 4.45. The normalized spacial score (nSPS) is 12.0. The van der Waals surface area contributed by atoms with Gasteiger partial charge in [0.15, 0.2) is 0 Å². The molecule has 0 spiro atoms. The molecule has 2 aromatic carbocycles. The molecule has 2 nitrogen and oxygen atoms in total. The minimum atomic E-state index is 0.0473. The molecule has 0 aliphatic heterocycles. The highest BCUT2D eigenvalue weighted by Gasteiger charge is 2.11. The summed E-state index contributed by atoms with van der Waals surface area (Å²) in [4.78, 5) is 12.1. The van der Waals surface area contributed by atoms with Crippen molar-refractivity contribution >= 4 is 5.91 Å². The highest BCUT2D eigenvalue weighted by atomic mass is 16.1. The minimum absolute atomic E-state index is 0.0473. The Morgan fingerprint density at radius 1 is 1.00 bits per heavy atom. The van der Waals surface area contributed by atoms with Crippen LogP contribution in [0, 0.1) is 20.8 Å². The zero-order valence-corrected chi connectivity index (χ0v) is 13.9. The predicted octanol–water partition coefficient (Wildman–Crippen LogP) is 4.42. The number of rotatable bonds is 5. The van der Waals surface area contributed by atoms with Crippen LogP contribution < -0.4 is 5.32 Å². The van der Waals surface area contributed by atoms with Crippen LogP contribution in [0.5, 0.6) is 0 Å². The van der Waals surface area contributed by atoms with E-state index in [0.29, 0.717) is 6.42 Å². The number of carbonyl (C=O) groups is 1. The minimum Gasteiger partial charge on any atom is -0.350 e. The lowest BCUT2D eigenvalue weighted by Gasteiger charge is -2.17. The van der Waals surface area contributed by atoms with Crippen molar-refractivity contribution in [2.45, 2.75) is 46.6 Å². The standard InChI is InChI=1S/C20H25NO/c1-14-5-8-18(9-6-14)10-12-20(22)21-17(4)19-11-7-15(2)13-16(19)3/h5-9,11,13,17H,10,12H2,1-4H3,(H,21,22)/t17-/m1/s1. The molecule has 0 unspecified atom stereocenters. The van der Waals surface area contributed by atoms with E-state index in [2.05, 4.69) is 68.6 Å². The van der Waals surface area contributed by atoms with Gasteiger partial charge in [-0.2, -0.15) is 0 Å². The van der Waals surface area contributed by atoms with E-state index < -0.39 is 0 Å². The van der Waals surface area contributed by atoms with Crippen molar-refractivity contribution in [3.05, 3.63) is 70.3 Å². The Morgan fingerprint density at radius 3 is 2.27 bits per heavy atom. The second kappa shape index (κ2) is 7.26. The largest absolute Gasteiger partial charge is 0.350 e.